The normalized spacial score (nSPS) is 10.4. The van der Waals surface area contributed by atoms with Gasteiger partial charge >= 0.3 is 0 Å². The van der Waals surface area contributed by atoms with Gasteiger partial charge in [-0.2, -0.15) is 0 Å². The Morgan fingerprint density at radius 3 is 2.30 bits per heavy atom. The maximum atomic E-state index is 12.4. The van der Waals surface area contributed by atoms with Crippen molar-refractivity contribution >= 4 is 95.3 Å². The summed E-state index contributed by atoms with van der Waals surface area (Å²) in [5.41, 5.74) is 2.52. The van der Waals surface area contributed by atoms with Crippen molar-refractivity contribution in [1.82, 2.24) is 0 Å². The van der Waals surface area contributed by atoms with Gasteiger partial charge in [0.1, 0.15) is 0 Å². The van der Waals surface area contributed by atoms with Gasteiger partial charge in [0.25, 0.3) is 5.91 Å². The first-order chi connectivity index (χ1) is 9.38. The van der Waals surface area contributed by atoms with E-state index >= 15 is 0 Å². The maximum absolute atomic E-state index is 12.4. The van der Waals surface area contributed by atoms with Crippen molar-refractivity contribution in [2.24, 2.45) is 0 Å². The molecule has 6 heteroatoms. The summed E-state index contributed by atoms with van der Waals surface area (Å²) in [7, 11) is 0. The Morgan fingerprint density at radius 2 is 1.70 bits per heavy atom. The lowest BCUT2D eigenvalue weighted by Crippen LogP contribution is -2.15. The van der Waals surface area contributed by atoms with Crippen LogP contribution in [0.5, 0.6) is 0 Å². The largest absolute Gasteiger partial charge is 0.320 e. The fraction of sp³-hybridized carbons (Fsp3) is 0.0714. The van der Waals surface area contributed by atoms with E-state index in [4.69, 9.17) is 0 Å². The lowest BCUT2D eigenvalue weighted by atomic mass is 10.1. The third kappa shape index (κ3) is 4.07. The molecule has 0 atom stereocenters. The summed E-state index contributed by atoms with van der Waals surface area (Å²) in [6.07, 6.45) is 0. The molecule has 0 aliphatic carbocycles. The average molecular weight is 668 g/mol. The molecular weight excluding hydrogens is 659 g/mol. The predicted molar refractivity (Wildman–Crippen MR) is 111 cm³/mol. The Bertz CT molecular complexity index is 665. The molecule has 0 aliphatic rings. The number of benzene rings is 2. The molecule has 0 fully saturated rings. The molecular formula is C14H9BrI3NO. The van der Waals surface area contributed by atoms with Crippen LogP contribution in [0.1, 0.15) is 15.9 Å². The highest BCUT2D eigenvalue weighted by Gasteiger charge is 2.14. The van der Waals surface area contributed by atoms with Crippen molar-refractivity contribution in [3.63, 3.8) is 0 Å². The first-order valence-electron chi connectivity index (χ1n) is 5.60. The first kappa shape index (κ1) is 16.9. The minimum absolute atomic E-state index is 0.0826. The van der Waals surface area contributed by atoms with Crippen LogP contribution >= 0.6 is 83.7 Å². The second-order valence-corrected chi connectivity index (χ2v) is 8.64. The minimum atomic E-state index is -0.0826. The second kappa shape index (κ2) is 7.23. The smallest absolute Gasteiger partial charge is 0.256 e. The highest BCUT2D eigenvalue weighted by atomic mass is 127. The number of carbonyl (C=O) groups is 1. The van der Waals surface area contributed by atoms with E-state index in [9.17, 15) is 4.79 Å². The van der Waals surface area contributed by atoms with Crippen molar-refractivity contribution in [3.05, 3.63) is 56.6 Å². The maximum Gasteiger partial charge on any atom is 0.256 e. The Kier molecular flexibility index (Phi) is 6.12. The van der Waals surface area contributed by atoms with Crippen LogP contribution < -0.4 is 5.32 Å². The molecule has 0 saturated carbocycles. The zero-order chi connectivity index (χ0) is 14.9. The average Bonchev–Trinajstić information content (AvgIpc) is 2.36. The van der Waals surface area contributed by atoms with Gasteiger partial charge in [-0.1, -0.05) is 22.0 Å². The molecule has 0 unspecified atom stereocenters. The number of nitrogens with one attached hydrogen (secondary N) is 1. The van der Waals surface area contributed by atoms with Gasteiger partial charge in [0.2, 0.25) is 0 Å². The van der Waals surface area contributed by atoms with Crippen molar-refractivity contribution in [1.29, 1.82) is 0 Å². The number of anilines is 1. The van der Waals surface area contributed by atoms with Gasteiger partial charge in [0.15, 0.2) is 0 Å². The van der Waals surface area contributed by atoms with E-state index < -0.39 is 0 Å². The van der Waals surface area contributed by atoms with Gasteiger partial charge in [-0.05, 0) is 105 Å². The molecule has 2 nitrogen and oxygen atoms in total. The molecule has 20 heavy (non-hydrogen) atoms. The fourth-order valence-corrected chi connectivity index (χ4v) is 5.89. The number of hydrogen-bond donors (Lipinski definition) is 1. The van der Waals surface area contributed by atoms with Gasteiger partial charge < -0.3 is 5.32 Å². The number of aryl methyl sites for hydroxylation is 1. The van der Waals surface area contributed by atoms with Crippen LogP contribution in [0.2, 0.25) is 0 Å². The summed E-state index contributed by atoms with van der Waals surface area (Å²) in [6, 6.07) is 9.81. The van der Waals surface area contributed by atoms with Gasteiger partial charge in [0.05, 0.1) is 5.69 Å². The van der Waals surface area contributed by atoms with Crippen LogP contribution in [0, 0.1) is 17.6 Å². The third-order valence-electron chi connectivity index (χ3n) is 2.69. The van der Waals surface area contributed by atoms with E-state index in [-0.39, 0.29) is 5.91 Å². The molecule has 0 bridgehead atoms. The summed E-state index contributed by atoms with van der Waals surface area (Å²) in [4.78, 5) is 12.4. The lowest BCUT2D eigenvalue weighted by Gasteiger charge is -2.12. The lowest BCUT2D eigenvalue weighted by molar-refractivity contribution is 0.102. The predicted octanol–water partition coefficient (Wildman–Crippen LogP) is 5.82. The number of hydrogen-bond acceptors (Lipinski definition) is 1. The second-order valence-electron chi connectivity index (χ2n) is 4.16. The molecule has 2 rings (SSSR count). The first-order valence-corrected chi connectivity index (χ1v) is 9.63. The summed E-state index contributed by atoms with van der Waals surface area (Å²) in [5, 5.41) is 3.01. The summed E-state index contributed by atoms with van der Waals surface area (Å²) < 4.78 is 4.15. The summed E-state index contributed by atoms with van der Waals surface area (Å²) in [6.45, 7) is 1.94. The molecule has 104 valence electrons. The van der Waals surface area contributed by atoms with E-state index in [0.717, 1.165) is 26.4 Å². The molecule has 0 radical (unpaired) electrons. The van der Waals surface area contributed by atoms with Gasteiger partial charge in [0, 0.05) is 20.7 Å². The minimum Gasteiger partial charge on any atom is -0.320 e. The van der Waals surface area contributed by atoms with Crippen molar-refractivity contribution in [2.45, 2.75) is 6.92 Å². The monoisotopic (exact) mass is 667 g/mol. The molecule has 2 aromatic rings. The molecule has 0 aromatic heterocycles. The summed E-state index contributed by atoms with van der Waals surface area (Å²) >= 11 is 10.2. The van der Waals surface area contributed by atoms with Crippen LogP contribution in [0.3, 0.4) is 0 Å². The van der Waals surface area contributed by atoms with Crippen LogP contribution in [-0.4, -0.2) is 5.91 Å². The molecule has 0 heterocycles. The van der Waals surface area contributed by atoms with Crippen LogP contribution in [0.15, 0.2) is 34.8 Å². The Labute approximate surface area is 167 Å². The molecule has 1 N–H and O–H groups in total. The fourth-order valence-electron chi connectivity index (χ4n) is 1.68. The molecule has 1 amide bonds. The number of halogens is 4. The van der Waals surface area contributed by atoms with E-state index in [1.807, 2.05) is 37.3 Å². The highest BCUT2D eigenvalue weighted by molar-refractivity contribution is 14.1. The Hall–Kier alpha value is 0.580. The quantitative estimate of drug-likeness (QED) is 0.402. The highest BCUT2D eigenvalue weighted by Crippen LogP contribution is 2.28. The van der Waals surface area contributed by atoms with Crippen LogP contribution in [-0.2, 0) is 0 Å². The van der Waals surface area contributed by atoms with Gasteiger partial charge in [-0.15, -0.1) is 0 Å². The zero-order valence-electron chi connectivity index (χ0n) is 10.3. The molecule has 0 spiro atoms. The Morgan fingerprint density at radius 1 is 1.10 bits per heavy atom. The van der Waals surface area contributed by atoms with Crippen LogP contribution in [0.4, 0.5) is 5.69 Å². The molecule has 0 aliphatic heterocycles. The van der Waals surface area contributed by atoms with Crippen LogP contribution in [0.25, 0.3) is 0 Å². The van der Waals surface area contributed by atoms with E-state index in [2.05, 4.69) is 89.0 Å². The number of carbonyl (C=O) groups excluding carboxylic acids is 1. The molecule has 2 aromatic carbocycles. The van der Waals surface area contributed by atoms with Gasteiger partial charge in [-0.25, -0.2) is 0 Å². The van der Waals surface area contributed by atoms with Gasteiger partial charge in [-0.3, -0.25) is 4.79 Å². The van der Waals surface area contributed by atoms with E-state index in [1.54, 1.807) is 0 Å². The van der Waals surface area contributed by atoms with Crippen molar-refractivity contribution in [2.75, 3.05) is 5.32 Å². The number of amides is 1. The standard InChI is InChI=1S/C14H9BrI3NO/c1-7-2-3-8(15)4-10(7)14(20)19-13-11(17)5-9(16)6-12(13)18/h2-6H,1H3,(H,19,20). The number of rotatable bonds is 2. The summed E-state index contributed by atoms with van der Waals surface area (Å²) in [5.74, 6) is -0.0826. The zero-order valence-corrected chi connectivity index (χ0v) is 18.4. The Balaban J connectivity index is 2.35. The SMILES string of the molecule is Cc1ccc(Br)cc1C(=O)Nc1c(I)cc(I)cc1I. The van der Waals surface area contributed by atoms with E-state index in [1.165, 1.54) is 0 Å². The van der Waals surface area contributed by atoms with Crippen molar-refractivity contribution in [3.8, 4) is 0 Å². The van der Waals surface area contributed by atoms with E-state index in [0.29, 0.717) is 5.56 Å². The molecule has 0 saturated heterocycles. The third-order valence-corrected chi connectivity index (χ3v) is 5.51. The topological polar surface area (TPSA) is 29.1 Å². The van der Waals surface area contributed by atoms with Crippen molar-refractivity contribution < 1.29 is 4.79 Å².